The Morgan fingerprint density at radius 2 is 0.769 bits per heavy atom. The molecule has 0 saturated heterocycles. The molecule has 0 saturated carbocycles. The van der Waals surface area contributed by atoms with Gasteiger partial charge in [-0.05, 0) is 0 Å². The molecule has 0 aliphatic rings. The molecule has 3 unspecified atom stereocenters. The molecule has 0 aromatic carbocycles. The van der Waals surface area contributed by atoms with E-state index in [1.54, 1.807) is 0 Å². The zero-order valence-corrected chi connectivity index (χ0v) is 30.2. The fourth-order valence-electron chi connectivity index (χ4n) is 2.41. The van der Waals surface area contributed by atoms with Gasteiger partial charge in [-0.15, -0.1) is 0 Å². The smallest absolute Gasteiger partial charge is 0.160 e. The van der Waals surface area contributed by atoms with Crippen LogP contribution in [0, 0.1) is 17.8 Å². The molecule has 0 heterocycles. The first-order valence-corrected chi connectivity index (χ1v) is 18.4. The van der Waals surface area contributed by atoms with E-state index < -0.39 is 5.69 Å². The molecule has 26 heavy (non-hydrogen) atoms. The zero-order chi connectivity index (χ0) is 22.1. The second-order valence-corrected chi connectivity index (χ2v) is 21.9. The van der Waals surface area contributed by atoms with Crippen LogP contribution in [0.5, 0.6) is 0 Å². The van der Waals surface area contributed by atoms with Gasteiger partial charge in [-0.1, -0.05) is 0 Å². The summed E-state index contributed by atoms with van der Waals surface area (Å²) in [5, 5.41) is 0. The topological polar surface area (TPSA) is 46.1 Å². The monoisotopic (exact) mass is 574 g/mol. The maximum absolute atomic E-state index is 9.29. The van der Waals surface area contributed by atoms with Crippen molar-refractivity contribution in [3.63, 3.8) is 0 Å². The predicted octanol–water partition coefficient (Wildman–Crippen LogP) is 5.64. The Kier molecular flexibility index (Phi) is 31.3. The summed E-state index contributed by atoms with van der Waals surface area (Å²) < 4.78 is 3.00. The fourth-order valence-corrected chi connectivity index (χ4v) is 6.61. The molecule has 0 fully saturated rings. The Morgan fingerprint density at radius 1 is 0.654 bits per heavy atom. The normalized spacial score (nSPS) is 14.5. The minimum Gasteiger partial charge on any atom is -0.850 e. The van der Waals surface area contributed by atoms with Crippen molar-refractivity contribution in [1.82, 2.24) is 0 Å². The third-order valence-electron chi connectivity index (χ3n) is 2.62. The molecule has 8 heteroatoms. The van der Waals surface area contributed by atoms with Gasteiger partial charge in [-0.2, -0.15) is 11.8 Å². The summed E-state index contributed by atoms with van der Waals surface area (Å²) in [5.41, 5.74) is -3.72. The van der Waals surface area contributed by atoms with E-state index in [1.807, 2.05) is 0 Å². The standard InChI is InChI=1S/3C6H13.H3O2PS2.3Zn/c3*1-4-5-6(2)3;1-3(2,4)5;;;/h3*4,6H,5H2,1-3H3;(H3,1,2,4,5);;;/q;;;;3*+1/p-3. The molecule has 0 aliphatic heterocycles. The van der Waals surface area contributed by atoms with Crippen molar-refractivity contribution in [2.24, 2.45) is 17.8 Å². The summed E-state index contributed by atoms with van der Waals surface area (Å²) in [5.74, 6) is 2.72. The molecule has 146 valence electrons. The van der Waals surface area contributed by atoms with E-state index in [2.05, 4.69) is 86.4 Å². The molecule has 0 amide bonds. The molecule has 0 spiro atoms. The van der Waals surface area contributed by atoms with E-state index >= 15 is 0 Å². The maximum atomic E-state index is 9.29. The molecule has 2 nitrogen and oxygen atoms in total. The Bertz CT molecular complexity index is 262. The van der Waals surface area contributed by atoms with Gasteiger partial charge in [0.2, 0.25) is 0 Å². The van der Waals surface area contributed by atoms with Gasteiger partial charge in [0.25, 0.3) is 0 Å². The van der Waals surface area contributed by atoms with Gasteiger partial charge in [0.05, 0.1) is 0 Å². The van der Waals surface area contributed by atoms with Crippen molar-refractivity contribution in [2.75, 3.05) is 0 Å². The zero-order valence-electron chi connectivity index (χ0n) is 18.8. The average Bonchev–Trinajstić information content (AvgIpc) is 2.20. The third-order valence-corrected chi connectivity index (χ3v) is 4.72. The van der Waals surface area contributed by atoms with E-state index in [9.17, 15) is 9.79 Å². The van der Waals surface area contributed by atoms with Crippen LogP contribution >= 0.6 is 5.69 Å². The van der Waals surface area contributed by atoms with Gasteiger partial charge in [0.15, 0.2) is 0 Å². The summed E-state index contributed by atoms with van der Waals surface area (Å²) in [7, 11) is 0. The SMILES string of the molecule is CC(C)C[CH](C)[Zn+].CC(C)C[CH](C)[Zn+].CC(C)C[CH](C)[Zn+].[O-]P([O-])(=S)[S-]. The van der Waals surface area contributed by atoms with Gasteiger partial charge in [-0.3, -0.25) is 0 Å². The van der Waals surface area contributed by atoms with Crippen LogP contribution in [0.15, 0.2) is 0 Å². The second kappa shape index (κ2) is 22.5. The van der Waals surface area contributed by atoms with E-state index in [4.69, 9.17) is 0 Å². The van der Waals surface area contributed by atoms with Crippen LogP contribution in [0.4, 0.5) is 0 Å². The van der Waals surface area contributed by atoms with E-state index in [0.29, 0.717) is 0 Å². The van der Waals surface area contributed by atoms with Crippen LogP contribution in [-0.4, -0.2) is 0 Å². The van der Waals surface area contributed by atoms with Crippen LogP contribution in [0.3, 0.4) is 0 Å². The van der Waals surface area contributed by atoms with Crippen molar-refractivity contribution in [1.29, 1.82) is 0 Å². The van der Waals surface area contributed by atoms with Gasteiger partial charge in [0.1, 0.15) is 0 Å². The van der Waals surface area contributed by atoms with E-state index in [-0.39, 0.29) is 0 Å². The summed E-state index contributed by atoms with van der Waals surface area (Å²) >= 11 is 11.7. The van der Waals surface area contributed by atoms with Crippen LogP contribution in [0.2, 0.25) is 13.5 Å². The number of hydrogen-bond donors (Lipinski definition) is 0. The Labute approximate surface area is 205 Å². The maximum Gasteiger partial charge on any atom is -0.160 e. The van der Waals surface area contributed by atoms with E-state index in [1.165, 1.54) is 74.2 Å². The van der Waals surface area contributed by atoms with Gasteiger partial charge in [0, 0.05) is 0 Å². The van der Waals surface area contributed by atoms with E-state index in [0.717, 1.165) is 31.3 Å². The average molecular weight is 579 g/mol. The van der Waals surface area contributed by atoms with Crippen molar-refractivity contribution < 1.29 is 64.7 Å². The molecule has 0 radical (unpaired) electrons. The minimum atomic E-state index is -3.72. The molecule has 0 bridgehead atoms. The first kappa shape index (κ1) is 36.2. The summed E-state index contributed by atoms with van der Waals surface area (Å²) in [6.45, 7) is 20.7. The third kappa shape index (κ3) is 81.5. The Balaban J connectivity index is -0.000000125. The van der Waals surface area contributed by atoms with Crippen LogP contribution in [0.1, 0.15) is 81.6 Å². The Morgan fingerprint density at radius 3 is 0.769 bits per heavy atom. The van der Waals surface area contributed by atoms with Crippen LogP contribution in [0.25, 0.3) is 0 Å². The molecule has 0 rings (SSSR count). The van der Waals surface area contributed by atoms with Crippen LogP contribution < -0.4 is 9.79 Å². The quantitative estimate of drug-likeness (QED) is 0.233. The molecular formula is C18H39O2PS2Zn3. The molecule has 0 aliphatic carbocycles. The number of hydrogen-bond acceptors (Lipinski definition) is 4. The largest absolute Gasteiger partial charge is 0.850 e. The van der Waals surface area contributed by atoms with Crippen molar-refractivity contribution in [3.8, 4) is 0 Å². The summed E-state index contributed by atoms with van der Waals surface area (Å²) in [4.78, 5) is 18.6. The minimum absolute atomic E-state index is 0.906. The number of rotatable bonds is 6. The second-order valence-electron chi connectivity index (χ2n) is 8.65. The molecule has 0 aromatic rings. The molecular weight excluding hydrogens is 539 g/mol. The molecule has 3 atom stereocenters. The molecule has 0 aromatic heterocycles. The fraction of sp³-hybridized carbons (Fsp3) is 1.00. The van der Waals surface area contributed by atoms with Crippen molar-refractivity contribution >= 4 is 29.7 Å². The summed E-state index contributed by atoms with van der Waals surface area (Å²) in [6.07, 6.45) is 4.25. The van der Waals surface area contributed by atoms with Gasteiger partial charge < -0.3 is 27.7 Å². The van der Waals surface area contributed by atoms with Crippen LogP contribution in [-0.2, 0) is 79.0 Å². The van der Waals surface area contributed by atoms with Crippen molar-refractivity contribution in [3.05, 3.63) is 0 Å². The predicted molar refractivity (Wildman–Crippen MR) is 108 cm³/mol. The van der Waals surface area contributed by atoms with Gasteiger partial charge in [-0.25, -0.2) is 0 Å². The van der Waals surface area contributed by atoms with Crippen molar-refractivity contribution in [2.45, 2.75) is 95.1 Å². The summed E-state index contributed by atoms with van der Waals surface area (Å²) in [6, 6.07) is 0. The molecule has 0 N–H and O–H groups in total. The first-order valence-electron chi connectivity index (χ1n) is 9.60. The first-order chi connectivity index (χ1) is 11.4. The Hall–Kier alpha value is 2.79. The van der Waals surface area contributed by atoms with Gasteiger partial charge >= 0.3 is 168 Å².